The van der Waals surface area contributed by atoms with Gasteiger partial charge in [0.15, 0.2) is 5.75 Å². The van der Waals surface area contributed by atoms with E-state index >= 15 is 0 Å². The molecular formula is C15H24N2O4. The topological polar surface area (TPSA) is 82.8 Å². The summed E-state index contributed by atoms with van der Waals surface area (Å²) in [4.78, 5) is 25.2. The monoisotopic (exact) mass is 296 g/mol. The number of aryl methyl sites for hydroxylation is 1. The van der Waals surface area contributed by atoms with Crippen LogP contribution in [0.25, 0.3) is 0 Å². The van der Waals surface area contributed by atoms with E-state index in [0.29, 0.717) is 24.4 Å². The van der Waals surface area contributed by atoms with E-state index in [1.54, 1.807) is 30.5 Å². The van der Waals surface area contributed by atoms with Crippen LogP contribution in [-0.4, -0.2) is 39.7 Å². The number of carbonyl (C=O) groups is 1. The highest BCUT2D eigenvalue weighted by Crippen LogP contribution is 2.25. The molecule has 1 aromatic heterocycles. The molecule has 0 radical (unpaired) electrons. The van der Waals surface area contributed by atoms with E-state index in [-0.39, 0.29) is 11.7 Å². The average molecular weight is 296 g/mol. The van der Waals surface area contributed by atoms with Gasteiger partial charge in [0.25, 0.3) is 0 Å². The van der Waals surface area contributed by atoms with Crippen molar-refractivity contribution in [2.75, 3.05) is 14.1 Å². The summed E-state index contributed by atoms with van der Waals surface area (Å²) in [6, 6.07) is 0.483. The lowest BCUT2D eigenvalue weighted by molar-refractivity contribution is -0.141. The SMILES string of the molecule is Cc1cc(=O)c(O)c(CN(C)C)n1C(CC(C)C)C(=O)O. The van der Waals surface area contributed by atoms with Gasteiger partial charge >= 0.3 is 5.97 Å². The van der Waals surface area contributed by atoms with Crippen molar-refractivity contribution >= 4 is 5.97 Å². The molecule has 1 aromatic rings. The Morgan fingerprint density at radius 2 is 1.95 bits per heavy atom. The minimum atomic E-state index is -0.963. The molecule has 1 atom stereocenters. The van der Waals surface area contributed by atoms with Crippen LogP contribution in [0, 0.1) is 12.8 Å². The van der Waals surface area contributed by atoms with Crippen molar-refractivity contribution in [1.29, 1.82) is 0 Å². The Bertz CT molecular complexity index is 576. The Morgan fingerprint density at radius 1 is 1.38 bits per heavy atom. The van der Waals surface area contributed by atoms with E-state index in [9.17, 15) is 19.8 Å². The molecule has 6 heteroatoms. The standard InChI is InChI=1S/C15H24N2O4/c1-9(2)6-11(15(20)21)17-10(3)7-13(18)14(19)12(17)8-16(4)5/h7,9,11,19H,6,8H2,1-5H3,(H,20,21). The molecule has 0 bridgehead atoms. The number of hydrogen-bond donors (Lipinski definition) is 2. The molecule has 0 aliphatic heterocycles. The van der Waals surface area contributed by atoms with Crippen LogP contribution in [0.15, 0.2) is 10.9 Å². The van der Waals surface area contributed by atoms with Gasteiger partial charge in [0, 0.05) is 18.3 Å². The van der Waals surface area contributed by atoms with Crippen LogP contribution < -0.4 is 5.43 Å². The molecule has 0 aliphatic rings. The molecule has 21 heavy (non-hydrogen) atoms. The number of pyridine rings is 1. The van der Waals surface area contributed by atoms with Gasteiger partial charge in [-0.3, -0.25) is 4.79 Å². The van der Waals surface area contributed by atoms with Crippen molar-refractivity contribution in [3.63, 3.8) is 0 Å². The Morgan fingerprint density at radius 3 is 2.38 bits per heavy atom. The van der Waals surface area contributed by atoms with Crippen LogP contribution in [0.4, 0.5) is 0 Å². The maximum Gasteiger partial charge on any atom is 0.326 e. The van der Waals surface area contributed by atoms with E-state index in [1.807, 2.05) is 13.8 Å². The summed E-state index contributed by atoms with van der Waals surface area (Å²) in [6.45, 7) is 5.87. The predicted molar refractivity (Wildman–Crippen MR) is 80.6 cm³/mol. The van der Waals surface area contributed by atoms with Gasteiger partial charge < -0.3 is 19.7 Å². The number of aliphatic carboxylic acids is 1. The zero-order valence-electron chi connectivity index (χ0n) is 13.3. The molecule has 0 fully saturated rings. The van der Waals surface area contributed by atoms with Gasteiger partial charge in [-0.05, 0) is 33.4 Å². The molecule has 1 heterocycles. The number of rotatable bonds is 6. The van der Waals surface area contributed by atoms with Crippen molar-refractivity contribution in [3.8, 4) is 5.75 Å². The maximum atomic E-state index is 11.8. The Hall–Kier alpha value is -1.82. The molecule has 2 N–H and O–H groups in total. The molecule has 0 saturated heterocycles. The minimum absolute atomic E-state index is 0.180. The number of nitrogens with zero attached hydrogens (tertiary/aromatic N) is 2. The highest BCUT2D eigenvalue weighted by atomic mass is 16.4. The zero-order valence-corrected chi connectivity index (χ0v) is 13.3. The summed E-state index contributed by atoms with van der Waals surface area (Å²) in [5.74, 6) is -1.15. The average Bonchev–Trinajstić information content (AvgIpc) is 2.33. The second-order valence-electron chi connectivity index (χ2n) is 6.04. The molecule has 118 valence electrons. The second-order valence-corrected chi connectivity index (χ2v) is 6.04. The van der Waals surface area contributed by atoms with E-state index in [4.69, 9.17) is 0 Å². The van der Waals surface area contributed by atoms with Crippen LogP contribution in [0.3, 0.4) is 0 Å². The Labute approximate surface area is 124 Å². The first-order valence-electron chi connectivity index (χ1n) is 6.96. The minimum Gasteiger partial charge on any atom is -0.503 e. The smallest absolute Gasteiger partial charge is 0.326 e. The first-order chi connectivity index (χ1) is 9.65. The van der Waals surface area contributed by atoms with E-state index in [2.05, 4.69) is 0 Å². The van der Waals surface area contributed by atoms with Crippen LogP contribution in [0.1, 0.15) is 37.7 Å². The first kappa shape index (κ1) is 17.2. The first-order valence-corrected chi connectivity index (χ1v) is 6.96. The van der Waals surface area contributed by atoms with Gasteiger partial charge in [-0.2, -0.15) is 0 Å². The summed E-state index contributed by atoms with van der Waals surface area (Å²) < 4.78 is 1.57. The van der Waals surface area contributed by atoms with Crippen LogP contribution in [0.5, 0.6) is 5.75 Å². The van der Waals surface area contributed by atoms with Gasteiger partial charge in [0.05, 0.1) is 5.69 Å². The van der Waals surface area contributed by atoms with Gasteiger partial charge in [-0.1, -0.05) is 13.8 Å². The summed E-state index contributed by atoms with van der Waals surface area (Å²) >= 11 is 0. The number of aromatic hydroxyl groups is 1. The number of aromatic nitrogens is 1. The van der Waals surface area contributed by atoms with Crippen molar-refractivity contribution in [3.05, 3.63) is 27.7 Å². The predicted octanol–water partition coefficient (Wildman–Crippen LogP) is 1.60. The fraction of sp³-hybridized carbons (Fsp3) is 0.600. The fourth-order valence-corrected chi connectivity index (χ4v) is 2.44. The molecule has 0 aliphatic carbocycles. The van der Waals surface area contributed by atoms with E-state index in [0.717, 1.165) is 0 Å². The fourth-order valence-electron chi connectivity index (χ4n) is 2.44. The molecule has 6 nitrogen and oxygen atoms in total. The largest absolute Gasteiger partial charge is 0.503 e. The Balaban J connectivity index is 3.53. The van der Waals surface area contributed by atoms with Crippen molar-refractivity contribution in [2.24, 2.45) is 5.92 Å². The highest BCUT2D eigenvalue weighted by Gasteiger charge is 2.26. The van der Waals surface area contributed by atoms with Gasteiger partial charge in [-0.15, -0.1) is 0 Å². The molecule has 1 unspecified atom stereocenters. The molecule has 1 rings (SSSR count). The summed E-state index contributed by atoms with van der Waals surface area (Å²) in [7, 11) is 3.60. The molecule has 0 saturated carbocycles. The van der Waals surface area contributed by atoms with Crippen molar-refractivity contribution in [1.82, 2.24) is 9.47 Å². The summed E-state index contributed by atoms with van der Waals surface area (Å²) in [5.41, 5.74) is 0.412. The van der Waals surface area contributed by atoms with Crippen molar-refractivity contribution < 1.29 is 15.0 Å². The molecule has 0 spiro atoms. The van der Waals surface area contributed by atoms with Gasteiger partial charge in [0.2, 0.25) is 5.43 Å². The van der Waals surface area contributed by atoms with Gasteiger partial charge in [0.1, 0.15) is 6.04 Å². The van der Waals surface area contributed by atoms with E-state index < -0.39 is 17.4 Å². The van der Waals surface area contributed by atoms with E-state index in [1.165, 1.54) is 6.07 Å². The van der Waals surface area contributed by atoms with Crippen molar-refractivity contribution in [2.45, 2.75) is 39.8 Å². The number of carboxylic acid groups (broad SMARTS) is 1. The van der Waals surface area contributed by atoms with Crippen LogP contribution >= 0.6 is 0 Å². The van der Waals surface area contributed by atoms with Gasteiger partial charge in [-0.25, -0.2) is 4.79 Å². The lowest BCUT2D eigenvalue weighted by Gasteiger charge is -2.26. The number of hydrogen-bond acceptors (Lipinski definition) is 4. The van der Waals surface area contributed by atoms with Crippen LogP contribution in [0.2, 0.25) is 0 Å². The van der Waals surface area contributed by atoms with Crippen LogP contribution in [-0.2, 0) is 11.3 Å². The molecule has 0 aromatic carbocycles. The highest BCUT2D eigenvalue weighted by molar-refractivity contribution is 5.72. The maximum absolute atomic E-state index is 11.8. The third kappa shape index (κ3) is 4.07. The lowest BCUT2D eigenvalue weighted by atomic mass is 10.0. The summed E-state index contributed by atoms with van der Waals surface area (Å²) in [5, 5.41) is 19.6. The summed E-state index contributed by atoms with van der Waals surface area (Å²) in [6.07, 6.45) is 0.429. The zero-order chi connectivity index (χ0) is 16.3. The second kappa shape index (κ2) is 6.76. The third-order valence-electron chi connectivity index (χ3n) is 3.27. The molecule has 0 amide bonds. The third-order valence-corrected chi connectivity index (χ3v) is 3.27. The molecular weight excluding hydrogens is 272 g/mol. The lowest BCUT2D eigenvalue weighted by Crippen LogP contribution is -2.29. The Kier molecular flexibility index (Phi) is 5.54. The quantitative estimate of drug-likeness (QED) is 0.833. The normalized spacial score (nSPS) is 12.9. The number of carboxylic acids is 1.